The van der Waals surface area contributed by atoms with Gasteiger partial charge in [0.15, 0.2) is 0 Å². The zero-order valence-corrected chi connectivity index (χ0v) is 16.8. The highest BCUT2D eigenvalue weighted by Crippen LogP contribution is 2.25. The van der Waals surface area contributed by atoms with Crippen LogP contribution in [0.3, 0.4) is 0 Å². The van der Waals surface area contributed by atoms with Crippen molar-refractivity contribution in [1.29, 1.82) is 0 Å². The molecule has 1 unspecified atom stereocenters. The van der Waals surface area contributed by atoms with Crippen LogP contribution in [0.15, 0.2) is 36.4 Å². The van der Waals surface area contributed by atoms with E-state index in [0.717, 1.165) is 48.4 Å². The van der Waals surface area contributed by atoms with Gasteiger partial charge >= 0.3 is 0 Å². The van der Waals surface area contributed by atoms with E-state index in [1.807, 2.05) is 55.1 Å². The average molecular weight is 383 g/mol. The first-order valence-electron chi connectivity index (χ1n) is 10.0. The lowest BCUT2D eigenvalue weighted by molar-refractivity contribution is -0.121. The van der Waals surface area contributed by atoms with Crippen molar-refractivity contribution in [3.05, 3.63) is 53.3 Å². The number of hydrogen-bond acceptors (Lipinski definition) is 3. The predicted octanol–water partition coefficient (Wildman–Crippen LogP) is 2.55. The van der Waals surface area contributed by atoms with Gasteiger partial charge in [-0.3, -0.25) is 9.59 Å². The molecule has 1 aliphatic heterocycles. The Bertz CT molecular complexity index is 829. The first-order valence-corrected chi connectivity index (χ1v) is 10.0. The minimum absolute atomic E-state index is 0.0303. The molecular formula is C22H30N4O2. The molecule has 0 bridgehead atoms. The Balaban J connectivity index is 1.81. The van der Waals surface area contributed by atoms with Crippen LogP contribution in [0.25, 0.3) is 5.69 Å². The van der Waals surface area contributed by atoms with E-state index in [-0.39, 0.29) is 17.9 Å². The summed E-state index contributed by atoms with van der Waals surface area (Å²) < 4.78 is 2.12. The number of piperidine rings is 1. The molecule has 0 saturated carbocycles. The molecule has 2 amide bonds. The van der Waals surface area contributed by atoms with Crippen LogP contribution in [0.5, 0.6) is 0 Å². The van der Waals surface area contributed by atoms with Crippen LogP contribution >= 0.6 is 0 Å². The first kappa shape index (κ1) is 20.1. The molecule has 2 heterocycles. The summed E-state index contributed by atoms with van der Waals surface area (Å²) in [4.78, 5) is 27.1. The Morgan fingerprint density at radius 1 is 1.18 bits per heavy atom. The standard InChI is InChI=1S/C22H30N4O2/c1-16-14-20(17(2)26(16)18-8-4-3-5-9-18)22(28)25-13-7-6-10-19(25)15-24-21(27)11-12-23/h3-5,8-9,14,19H,6-7,10-13,15,23H2,1-2H3,(H,24,27). The molecule has 1 fully saturated rings. The van der Waals surface area contributed by atoms with Crippen LogP contribution in [-0.2, 0) is 4.79 Å². The molecule has 1 aliphatic rings. The SMILES string of the molecule is Cc1cc(C(=O)N2CCCCC2CNC(=O)CCN)c(C)n1-c1ccccc1. The quantitative estimate of drug-likeness (QED) is 0.806. The second-order valence-electron chi connectivity index (χ2n) is 7.45. The Morgan fingerprint density at radius 2 is 1.93 bits per heavy atom. The number of nitrogens with one attached hydrogen (secondary N) is 1. The number of benzene rings is 1. The molecule has 0 aliphatic carbocycles. The van der Waals surface area contributed by atoms with Crippen LogP contribution in [0.2, 0.25) is 0 Å². The lowest BCUT2D eigenvalue weighted by Gasteiger charge is -2.36. The summed E-state index contributed by atoms with van der Waals surface area (Å²) in [6.07, 6.45) is 3.30. The smallest absolute Gasteiger partial charge is 0.256 e. The van der Waals surface area contributed by atoms with Crippen molar-refractivity contribution in [2.75, 3.05) is 19.6 Å². The van der Waals surface area contributed by atoms with Gasteiger partial charge < -0.3 is 20.5 Å². The molecule has 28 heavy (non-hydrogen) atoms. The molecule has 6 nitrogen and oxygen atoms in total. The summed E-state index contributed by atoms with van der Waals surface area (Å²) in [7, 11) is 0. The lowest BCUT2D eigenvalue weighted by atomic mass is 10.0. The van der Waals surface area contributed by atoms with Crippen LogP contribution in [-0.4, -0.2) is 47.0 Å². The molecular weight excluding hydrogens is 352 g/mol. The summed E-state index contributed by atoms with van der Waals surface area (Å²) in [6, 6.07) is 12.1. The number of nitrogens with zero attached hydrogens (tertiary/aromatic N) is 2. The van der Waals surface area contributed by atoms with Crippen LogP contribution in [0.4, 0.5) is 0 Å². The molecule has 1 aromatic carbocycles. The zero-order chi connectivity index (χ0) is 20.1. The topological polar surface area (TPSA) is 80.4 Å². The van der Waals surface area contributed by atoms with Gasteiger partial charge in [-0.2, -0.15) is 0 Å². The largest absolute Gasteiger partial charge is 0.354 e. The van der Waals surface area contributed by atoms with Crippen molar-refractivity contribution < 1.29 is 9.59 Å². The number of carbonyl (C=O) groups is 2. The van der Waals surface area contributed by atoms with Gasteiger partial charge in [0.05, 0.1) is 5.56 Å². The zero-order valence-electron chi connectivity index (χ0n) is 16.8. The van der Waals surface area contributed by atoms with Gasteiger partial charge in [-0.1, -0.05) is 18.2 Å². The average Bonchev–Trinajstić information content (AvgIpc) is 3.01. The Kier molecular flexibility index (Phi) is 6.52. The Hall–Kier alpha value is -2.60. The summed E-state index contributed by atoms with van der Waals surface area (Å²) in [6.45, 7) is 5.57. The van der Waals surface area contributed by atoms with Crippen molar-refractivity contribution in [2.45, 2.75) is 45.6 Å². The van der Waals surface area contributed by atoms with Crippen molar-refractivity contribution in [1.82, 2.24) is 14.8 Å². The van der Waals surface area contributed by atoms with E-state index in [2.05, 4.69) is 9.88 Å². The van der Waals surface area contributed by atoms with E-state index in [4.69, 9.17) is 5.73 Å². The Labute approximate surface area is 166 Å². The Morgan fingerprint density at radius 3 is 2.64 bits per heavy atom. The molecule has 1 aromatic heterocycles. The van der Waals surface area contributed by atoms with E-state index < -0.39 is 0 Å². The maximum Gasteiger partial charge on any atom is 0.256 e. The van der Waals surface area contributed by atoms with Crippen LogP contribution in [0.1, 0.15) is 47.4 Å². The molecule has 0 spiro atoms. The normalized spacial score (nSPS) is 16.8. The minimum atomic E-state index is -0.0530. The summed E-state index contributed by atoms with van der Waals surface area (Å²) in [5.41, 5.74) is 9.22. The van der Waals surface area contributed by atoms with E-state index in [9.17, 15) is 9.59 Å². The molecule has 3 N–H and O–H groups in total. The van der Waals surface area contributed by atoms with Crippen LogP contribution in [0, 0.1) is 13.8 Å². The lowest BCUT2D eigenvalue weighted by Crippen LogP contribution is -2.49. The summed E-state index contributed by atoms with van der Waals surface area (Å²) in [5.74, 6) is -0.00390. The second kappa shape index (κ2) is 9.06. The van der Waals surface area contributed by atoms with Crippen molar-refractivity contribution in [2.24, 2.45) is 5.73 Å². The predicted molar refractivity (Wildman–Crippen MR) is 111 cm³/mol. The number of aryl methyl sites for hydroxylation is 1. The maximum absolute atomic E-state index is 13.4. The number of aromatic nitrogens is 1. The number of hydrogen-bond donors (Lipinski definition) is 2. The molecule has 3 rings (SSSR count). The van der Waals surface area contributed by atoms with Gasteiger partial charge in [0.1, 0.15) is 0 Å². The van der Waals surface area contributed by atoms with Gasteiger partial charge in [-0.15, -0.1) is 0 Å². The minimum Gasteiger partial charge on any atom is -0.354 e. The van der Waals surface area contributed by atoms with Gasteiger partial charge in [-0.05, 0) is 51.3 Å². The monoisotopic (exact) mass is 382 g/mol. The molecule has 2 aromatic rings. The van der Waals surface area contributed by atoms with Gasteiger partial charge in [-0.25, -0.2) is 0 Å². The third kappa shape index (κ3) is 4.28. The summed E-state index contributed by atoms with van der Waals surface area (Å²) >= 11 is 0. The number of likely N-dealkylation sites (tertiary alicyclic amines) is 1. The van der Waals surface area contributed by atoms with Crippen molar-refractivity contribution >= 4 is 11.8 Å². The fraction of sp³-hybridized carbons (Fsp3) is 0.455. The fourth-order valence-electron chi connectivity index (χ4n) is 4.04. The number of amides is 2. The van der Waals surface area contributed by atoms with Crippen LogP contribution < -0.4 is 11.1 Å². The van der Waals surface area contributed by atoms with Crippen molar-refractivity contribution in [3.63, 3.8) is 0 Å². The number of carbonyl (C=O) groups excluding carboxylic acids is 2. The highest BCUT2D eigenvalue weighted by Gasteiger charge is 2.30. The molecule has 6 heteroatoms. The number of rotatable bonds is 6. The van der Waals surface area contributed by atoms with E-state index in [1.54, 1.807) is 0 Å². The number of nitrogens with two attached hydrogens (primary N) is 1. The van der Waals surface area contributed by atoms with Crippen molar-refractivity contribution in [3.8, 4) is 5.69 Å². The molecule has 1 atom stereocenters. The van der Waals surface area contributed by atoms with Gasteiger partial charge in [0.2, 0.25) is 5.91 Å². The molecule has 1 saturated heterocycles. The maximum atomic E-state index is 13.4. The second-order valence-corrected chi connectivity index (χ2v) is 7.45. The highest BCUT2D eigenvalue weighted by atomic mass is 16.2. The fourth-order valence-corrected chi connectivity index (χ4v) is 4.04. The highest BCUT2D eigenvalue weighted by molar-refractivity contribution is 5.96. The third-order valence-electron chi connectivity index (χ3n) is 5.47. The van der Waals surface area contributed by atoms with Gasteiger partial charge in [0.25, 0.3) is 5.91 Å². The summed E-state index contributed by atoms with van der Waals surface area (Å²) in [5, 5.41) is 2.93. The van der Waals surface area contributed by atoms with E-state index >= 15 is 0 Å². The third-order valence-corrected chi connectivity index (χ3v) is 5.47. The molecule has 150 valence electrons. The van der Waals surface area contributed by atoms with Gasteiger partial charge in [0, 0.05) is 49.2 Å². The molecule has 0 radical (unpaired) electrons. The first-order chi connectivity index (χ1) is 13.5. The van der Waals surface area contributed by atoms with E-state index in [1.165, 1.54) is 0 Å². The van der Waals surface area contributed by atoms with E-state index in [0.29, 0.717) is 19.5 Å². The number of para-hydroxylation sites is 1.